The van der Waals surface area contributed by atoms with E-state index in [1.54, 1.807) is 6.07 Å². The lowest BCUT2D eigenvalue weighted by Crippen LogP contribution is -2.68. The predicted octanol–water partition coefficient (Wildman–Crippen LogP) is 1.18. The molecule has 32 heavy (non-hydrogen) atoms. The average molecular weight is 453 g/mol. The lowest BCUT2D eigenvalue weighted by molar-refractivity contribution is -2.00. The molecule has 7 heteroatoms. The Balaban J connectivity index is 0.000000395. The highest BCUT2D eigenvalue weighted by atomic mass is 35.7. The number of fused-ring (bicyclic) bond motifs is 2. The zero-order valence-electron chi connectivity index (χ0n) is 18.7. The monoisotopic (exact) mass is 452 g/mol. The second-order valence-corrected chi connectivity index (χ2v) is 8.10. The van der Waals surface area contributed by atoms with Crippen LogP contribution in [0.15, 0.2) is 60.7 Å². The maximum absolute atomic E-state index is 8.49. The van der Waals surface area contributed by atoms with Crippen LogP contribution in [0.25, 0.3) is 32.9 Å². The number of hydrogen-bond acceptors (Lipinski definition) is 5. The number of halogens is 1. The van der Waals surface area contributed by atoms with Crippen LogP contribution in [0.3, 0.4) is 0 Å². The summed E-state index contributed by atoms with van der Waals surface area (Å²) in [6.45, 7) is 8.06. The number of nitriles is 1. The van der Waals surface area contributed by atoms with Crippen molar-refractivity contribution >= 4 is 21.8 Å². The molecule has 166 valence electrons. The smallest absolute Gasteiger partial charge is 0.213 e. The first-order valence-electron chi connectivity index (χ1n) is 9.79. The lowest BCUT2D eigenvalue weighted by atomic mass is 9.89. The van der Waals surface area contributed by atoms with Gasteiger partial charge in [-0.25, -0.2) is 18.6 Å². The molecule has 0 amide bonds. The van der Waals surface area contributed by atoms with E-state index in [0.29, 0.717) is 0 Å². The maximum atomic E-state index is 8.49. The highest BCUT2D eigenvalue weighted by molar-refractivity contribution is 6.08. The summed E-state index contributed by atoms with van der Waals surface area (Å²) in [4.78, 5) is 0. The molecule has 4 rings (SSSR count). The number of nitrogens with zero attached hydrogens (tertiary/aromatic N) is 2. The third kappa shape index (κ3) is 6.01. The minimum Gasteiger partial charge on any atom is -0.222 e. The lowest BCUT2D eigenvalue weighted by Gasteiger charge is -2.17. The molecule has 0 atom stereocenters. The first-order chi connectivity index (χ1) is 15.0. The first-order valence-corrected chi connectivity index (χ1v) is 11.0. The molecule has 0 N–H and O–H groups in total. The standard InChI is InChI=1S/C23H22N.C2H3N.ClHO4/c1-15-13-16(2)22(17(3)14-15)23-18-9-5-7-11-20(18)24(4)21-12-8-6-10-19(21)23;1-2-3;2-1(3,4)5/h5-14H,1-4H3;1H3;(H,2,3,4,5)/q+1;;/p-1. The Bertz CT molecular complexity index is 1210. The van der Waals surface area contributed by atoms with E-state index < -0.39 is 10.2 Å². The average Bonchev–Trinajstić information content (AvgIpc) is 2.69. The van der Waals surface area contributed by atoms with Crippen molar-refractivity contribution in [2.45, 2.75) is 27.7 Å². The van der Waals surface area contributed by atoms with Crippen molar-refractivity contribution in [2.75, 3.05) is 0 Å². The molecule has 1 heterocycles. The molecular formula is C25H25ClN2O4. The number of hydrogen-bond donors (Lipinski definition) is 0. The molecule has 6 nitrogen and oxygen atoms in total. The van der Waals surface area contributed by atoms with Gasteiger partial charge in [0.2, 0.25) is 11.0 Å². The van der Waals surface area contributed by atoms with Gasteiger partial charge < -0.3 is 0 Å². The van der Waals surface area contributed by atoms with Gasteiger partial charge in [-0.2, -0.15) is 9.83 Å². The fraction of sp³-hybridized carbons (Fsp3) is 0.200. The normalized spacial score (nSPS) is 10.6. The van der Waals surface area contributed by atoms with E-state index >= 15 is 0 Å². The summed E-state index contributed by atoms with van der Waals surface area (Å²) >= 11 is 0. The summed E-state index contributed by atoms with van der Waals surface area (Å²) in [6.07, 6.45) is 0. The van der Waals surface area contributed by atoms with Crippen LogP contribution in [0.5, 0.6) is 0 Å². The highest BCUT2D eigenvalue weighted by Gasteiger charge is 2.20. The Morgan fingerprint density at radius 2 is 1.09 bits per heavy atom. The molecule has 4 aromatic rings. The zero-order valence-corrected chi connectivity index (χ0v) is 19.4. The highest BCUT2D eigenvalue weighted by Crippen LogP contribution is 2.37. The van der Waals surface area contributed by atoms with E-state index in [2.05, 4.69) is 93.0 Å². The second kappa shape index (κ2) is 10.5. The number of rotatable bonds is 1. The Hall–Kier alpha value is -3.05. The van der Waals surface area contributed by atoms with Gasteiger partial charge in [0.1, 0.15) is 7.05 Å². The molecule has 0 aliphatic heterocycles. The second-order valence-electron chi connectivity index (χ2n) is 7.34. The summed E-state index contributed by atoms with van der Waals surface area (Å²) in [6, 6.07) is 23.8. The van der Waals surface area contributed by atoms with Gasteiger partial charge >= 0.3 is 0 Å². The fourth-order valence-electron chi connectivity index (χ4n) is 4.07. The van der Waals surface area contributed by atoms with E-state index in [9.17, 15) is 0 Å². The Labute approximate surface area is 190 Å². The molecule has 3 aromatic carbocycles. The number of para-hydroxylation sites is 2. The summed E-state index contributed by atoms with van der Waals surface area (Å²) < 4.78 is 36.3. The Kier molecular flexibility index (Phi) is 8.28. The number of pyridine rings is 1. The maximum Gasteiger partial charge on any atom is 0.213 e. The molecule has 0 unspecified atom stereocenters. The van der Waals surface area contributed by atoms with Crippen LogP contribution in [-0.2, 0) is 7.05 Å². The first kappa shape index (κ1) is 25.2. The van der Waals surface area contributed by atoms with E-state index in [0.717, 1.165) is 0 Å². The number of aromatic nitrogens is 1. The summed E-state index contributed by atoms with van der Waals surface area (Å²) in [7, 11) is -2.79. The van der Waals surface area contributed by atoms with Crippen molar-refractivity contribution < 1.29 is 33.4 Å². The van der Waals surface area contributed by atoms with E-state index in [1.165, 1.54) is 56.5 Å². The molecule has 0 saturated carbocycles. The minimum atomic E-state index is -4.94. The van der Waals surface area contributed by atoms with Crippen molar-refractivity contribution in [3.63, 3.8) is 0 Å². The Morgan fingerprint density at radius 1 is 0.750 bits per heavy atom. The summed E-state index contributed by atoms with van der Waals surface area (Å²) in [5.74, 6) is 0. The van der Waals surface area contributed by atoms with Crippen molar-refractivity contribution in [2.24, 2.45) is 7.05 Å². The SMILES string of the molecule is CC#N.Cc1cc(C)c(-c2c3ccccc3[n+](C)c3ccccc23)c(C)c1.[O-][Cl+3]([O-])([O-])[O-]. The third-order valence-corrected chi connectivity index (χ3v) is 5.00. The van der Waals surface area contributed by atoms with Gasteiger partial charge in [-0.15, -0.1) is 10.2 Å². The van der Waals surface area contributed by atoms with Gasteiger partial charge in [-0.1, -0.05) is 42.0 Å². The summed E-state index contributed by atoms with van der Waals surface area (Å²) in [5.41, 5.74) is 9.27. The van der Waals surface area contributed by atoms with Crippen molar-refractivity contribution in [3.05, 3.63) is 77.4 Å². The molecule has 0 radical (unpaired) electrons. The van der Waals surface area contributed by atoms with Crippen LogP contribution in [0.2, 0.25) is 0 Å². The quantitative estimate of drug-likeness (QED) is 0.317. The van der Waals surface area contributed by atoms with E-state index in [4.69, 9.17) is 23.9 Å². The van der Waals surface area contributed by atoms with Gasteiger partial charge in [0.05, 0.1) is 16.8 Å². The largest absolute Gasteiger partial charge is 0.222 e. The van der Waals surface area contributed by atoms with Gasteiger partial charge in [0.15, 0.2) is 0 Å². The molecule has 0 spiro atoms. The molecule has 0 aliphatic rings. The van der Waals surface area contributed by atoms with Crippen molar-refractivity contribution in [1.29, 1.82) is 5.26 Å². The molecule has 0 bridgehead atoms. The Morgan fingerprint density at radius 3 is 1.47 bits per heavy atom. The third-order valence-electron chi connectivity index (χ3n) is 5.00. The van der Waals surface area contributed by atoms with E-state index in [-0.39, 0.29) is 0 Å². The zero-order chi connectivity index (χ0) is 24.1. The molecule has 1 aromatic heterocycles. The predicted molar refractivity (Wildman–Crippen MR) is 114 cm³/mol. The van der Waals surface area contributed by atoms with Crippen molar-refractivity contribution in [1.82, 2.24) is 0 Å². The molecule has 0 fully saturated rings. The molecule has 0 saturated heterocycles. The minimum absolute atomic E-state index is 1.27. The fourth-order valence-corrected chi connectivity index (χ4v) is 4.07. The van der Waals surface area contributed by atoms with Gasteiger partial charge in [-0.3, -0.25) is 0 Å². The van der Waals surface area contributed by atoms with Gasteiger partial charge in [-0.05, 0) is 49.6 Å². The van der Waals surface area contributed by atoms with Crippen LogP contribution in [0.1, 0.15) is 23.6 Å². The van der Waals surface area contributed by atoms with Crippen LogP contribution in [-0.4, -0.2) is 0 Å². The van der Waals surface area contributed by atoms with Crippen LogP contribution < -0.4 is 23.2 Å². The van der Waals surface area contributed by atoms with Gasteiger partial charge in [0.25, 0.3) is 0 Å². The summed E-state index contributed by atoms with van der Waals surface area (Å²) in [5, 5.41) is 9.95. The van der Waals surface area contributed by atoms with Crippen LogP contribution >= 0.6 is 0 Å². The number of benzene rings is 3. The number of aryl methyl sites for hydroxylation is 4. The topological polar surface area (TPSA) is 120 Å². The molecule has 0 aliphatic carbocycles. The van der Waals surface area contributed by atoms with Crippen molar-refractivity contribution in [3.8, 4) is 17.2 Å². The van der Waals surface area contributed by atoms with Crippen LogP contribution in [0, 0.1) is 42.3 Å². The van der Waals surface area contributed by atoms with Crippen LogP contribution in [0.4, 0.5) is 0 Å². The molecular weight excluding hydrogens is 428 g/mol. The van der Waals surface area contributed by atoms with E-state index in [1.807, 2.05) is 0 Å². The van der Waals surface area contributed by atoms with Gasteiger partial charge in [0, 0.05) is 24.6 Å².